The number of hydrogen-bond acceptors (Lipinski definition) is 3. The molecule has 1 amide bonds. The van der Waals surface area contributed by atoms with E-state index in [4.69, 9.17) is 11.6 Å². The molecule has 0 aliphatic rings. The molecule has 1 aromatic carbocycles. The maximum atomic E-state index is 12.2. The van der Waals surface area contributed by atoms with Gasteiger partial charge in [-0.3, -0.25) is 9.89 Å². The van der Waals surface area contributed by atoms with Crippen molar-refractivity contribution >= 4 is 28.4 Å². The zero-order chi connectivity index (χ0) is 14.8. The van der Waals surface area contributed by atoms with Crippen molar-refractivity contribution in [2.75, 3.05) is 7.05 Å². The number of nitrogens with zero attached hydrogens (tertiary/aromatic N) is 3. The largest absolute Gasteiger partial charge is 0.336 e. The minimum atomic E-state index is -0.142. The first-order valence-electron chi connectivity index (χ1n) is 6.44. The van der Waals surface area contributed by atoms with Crippen molar-refractivity contribution < 1.29 is 4.79 Å². The number of para-hydroxylation sites is 1. The zero-order valence-electron chi connectivity index (χ0n) is 11.4. The maximum Gasteiger partial charge on any atom is 0.271 e. The Labute approximate surface area is 126 Å². The second kappa shape index (κ2) is 5.54. The van der Waals surface area contributed by atoms with Crippen LogP contribution < -0.4 is 0 Å². The van der Waals surface area contributed by atoms with Crippen LogP contribution in [0.4, 0.5) is 0 Å². The number of H-pyrrole nitrogens is 1. The highest BCUT2D eigenvalue weighted by molar-refractivity contribution is 6.30. The van der Waals surface area contributed by atoms with Crippen LogP contribution >= 0.6 is 11.6 Å². The number of amides is 1. The summed E-state index contributed by atoms with van der Waals surface area (Å²) < 4.78 is 0. The average molecular weight is 301 g/mol. The van der Waals surface area contributed by atoms with E-state index in [1.54, 1.807) is 24.2 Å². The third kappa shape index (κ3) is 2.73. The van der Waals surface area contributed by atoms with Gasteiger partial charge in [-0.05, 0) is 18.2 Å². The van der Waals surface area contributed by atoms with Crippen molar-refractivity contribution in [1.82, 2.24) is 20.1 Å². The molecule has 106 valence electrons. The van der Waals surface area contributed by atoms with Gasteiger partial charge in [0, 0.05) is 30.7 Å². The third-order valence-electron chi connectivity index (χ3n) is 3.24. The highest BCUT2D eigenvalue weighted by Gasteiger charge is 2.15. The van der Waals surface area contributed by atoms with Crippen LogP contribution in [-0.4, -0.2) is 33.0 Å². The normalized spacial score (nSPS) is 10.8. The number of rotatable bonds is 3. The van der Waals surface area contributed by atoms with Gasteiger partial charge in [0.05, 0.1) is 5.52 Å². The van der Waals surface area contributed by atoms with E-state index in [0.717, 1.165) is 16.5 Å². The molecule has 6 heteroatoms. The van der Waals surface area contributed by atoms with E-state index in [0.29, 0.717) is 17.4 Å². The van der Waals surface area contributed by atoms with Crippen LogP contribution in [0.2, 0.25) is 5.15 Å². The van der Waals surface area contributed by atoms with Crippen LogP contribution in [0, 0.1) is 0 Å². The average Bonchev–Trinajstić information content (AvgIpc) is 3.01. The molecule has 2 aromatic heterocycles. The van der Waals surface area contributed by atoms with Gasteiger partial charge in [-0.1, -0.05) is 29.8 Å². The summed E-state index contributed by atoms with van der Waals surface area (Å²) >= 11 is 6.21. The number of halogens is 1. The van der Waals surface area contributed by atoms with Gasteiger partial charge < -0.3 is 4.90 Å². The molecule has 1 N–H and O–H groups in total. The van der Waals surface area contributed by atoms with Crippen LogP contribution in [0.3, 0.4) is 0 Å². The van der Waals surface area contributed by atoms with E-state index in [-0.39, 0.29) is 5.91 Å². The lowest BCUT2D eigenvalue weighted by atomic mass is 10.1. The summed E-state index contributed by atoms with van der Waals surface area (Å²) in [4.78, 5) is 18.1. The van der Waals surface area contributed by atoms with Gasteiger partial charge in [-0.15, -0.1) is 0 Å². The Morgan fingerprint density at radius 3 is 2.90 bits per heavy atom. The summed E-state index contributed by atoms with van der Waals surface area (Å²) in [6.45, 7) is 0.383. The van der Waals surface area contributed by atoms with Gasteiger partial charge in [0.15, 0.2) is 0 Å². The summed E-state index contributed by atoms with van der Waals surface area (Å²) in [5.41, 5.74) is 2.10. The van der Waals surface area contributed by atoms with E-state index in [1.165, 1.54) is 0 Å². The standard InChI is InChI=1S/C15H13ClN4O/c1-20(15(21)13-6-7-17-19-13)9-11-8-10-4-2-3-5-12(10)18-14(11)16/h2-8H,9H2,1H3,(H,17,19). The maximum absolute atomic E-state index is 12.2. The number of aromatic amines is 1. The first-order chi connectivity index (χ1) is 10.1. The Kier molecular flexibility index (Phi) is 3.58. The van der Waals surface area contributed by atoms with Gasteiger partial charge in [0.25, 0.3) is 5.91 Å². The molecule has 0 bridgehead atoms. The summed E-state index contributed by atoms with van der Waals surface area (Å²) in [5, 5.41) is 7.85. The summed E-state index contributed by atoms with van der Waals surface area (Å²) in [6.07, 6.45) is 1.55. The van der Waals surface area contributed by atoms with E-state index >= 15 is 0 Å². The predicted octanol–water partition coefficient (Wildman–Crippen LogP) is 2.88. The molecule has 0 radical (unpaired) electrons. The number of carbonyl (C=O) groups is 1. The predicted molar refractivity (Wildman–Crippen MR) is 81.1 cm³/mol. The smallest absolute Gasteiger partial charge is 0.271 e. The molecule has 0 aliphatic heterocycles. The van der Waals surface area contributed by atoms with Gasteiger partial charge in [-0.25, -0.2) is 4.98 Å². The van der Waals surface area contributed by atoms with Gasteiger partial charge >= 0.3 is 0 Å². The number of benzene rings is 1. The van der Waals surface area contributed by atoms with Crippen LogP contribution in [0.25, 0.3) is 10.9 Å². The number of aromatic nitrogens is 3. The van der Waals surface area contributed by atoms with Crippen molar-refractivity contribution in [3.05, 3.63) is 59.0 Å². The van der Waals surface area contributed by atoms with E-state index in [9.17, 15) is 4.79 Å². The lowest BCUT2D eigenvalue weighted by molar-refractivity contribution is 0.0779. The molecule has 0 spiro atoms. The van der Waals surface area contributed by atoms with E-state index in [2.05, 4.69) is 15.2 Å². The Hall–Kier alpha value is -2.40. The summed E-state index contributed by atoms with van der Waals surface area (Å²) in [5.74, 6) is -0.142. The van der Waals surface area contributed by atoms with Crippen LogP contribution in [0.15, 0.2) is 42.6 Å². The lowest BCUT2D eigenvalue weighted by Crippen LogP contribution is -2.26. The fourth-order valence-electron chi connectivity index (χ4n) is 2.16. The van der Waals surface area contributed by atoms with Crippen molar-refractivity contribution in [2.24, 2.45) is 0 Å². The fourth-order valence-corrected chi connectivity index (χ4v) is 2.36. The van der Waals surface area contributed by atoms with E-state index in [1.807, 2.05) is 30.3 Å². The molecule has 0 aliphatic carbocycles. The molecule has 0 unspecified atom stereocenters. The van der Waals surface area contributed by atoms with Crippen LogP contribution in [-0.2, 0) is 6.54 Å². The van der Waals surface area contributed by atoms with Crippen molar-refractivity contribution in [1.29, 1.82) is 0 Å². The number of fused-ring (bicyclic) bond motifs is 1. The quantitative estimate of drug-likeness (QED) is 0.757. The molecule has 5 nitrogen and oxygen atoms in total. The minimum Gasteiger partial charge on any atom is -0.336 e. The fraction of sp³-hybridized carbons (Fsp3) is 0.133. The Bertz CT molecular complexity index is 785. The Morgan fingerprint density at radius 2 is 2.14 bits per heavy atom. The molecule has 0 saturated carbocycles. The Balaban J connectivity index is 1.87. The summed E-state index contributed by atoms with van der Waals surface area (Å²) in [6, 6.07) is 11.3. The summed E-state index contributed by atoms with van der Waals surface area (Å²) in [7, 11) is 1.72. The monoisotopic (exact) mass is 300 g/mol. The van der Waals surface area contributed by atoms with E-state index < -0.39 is 0 Å². The van der Waals surface area contributed by atoms with Crippen LogP contribution in [0.1, 0.15) is 16.1 Å². The van der Waals surface area contributed by atoms with Crippen molar-refractivity contribution in [2.45, 2.75) is 6.54 Å². The first kappa shape index (κ1) is 13.6. The number of carbonyl (C=O) groups excluding carboxylic acids is 1. The lowest BCUT2D eigenvalue weighted by Gasteiger charge is -2.17. The molecule has 0 atom stereocenters. The molecular formula is C15H13ClN4O. The third-order valence-corrected chi connectivity index (χ3v) is 3.56. The zero-order valence-corrected chi connectivity index (χ0v) is 12.1. The van der Waals surface area contributed by atoms with Crippen molar-refractivity contribution in [3.63, 3.8) is 0 Å². The van der Waals surface area contributed by atoms with Gasteiger partial charge in [0.1, 0.15) is 10.8 Å². The highest BCUT2D eigenvalue weighted by Crippen LogP contribution is 2.21. The number of pyridine rings is 1. The number of nitrogens with one attached hydrogen (secondary N) is 1. The van der Waals surface area contributed by atoms with Gasteiger partial charge in [-0.2, -0.15) is 5.10 Å². The van der Waals surface area contributed by atoms with Crippen LogP contribution in [0.5, 0.6) is 0 Å². The van der Waals surface area contributed by atoms with Crippen molar-refractivity contribution in [3.8, 4) is 0 Å². The highest BCUT2D eigenvalue weighted by atomic mass is 35.5. The van der Waals surface area contributed by atoms with Gasteiger partial charge in [0.2, 0.25) is 0 Å². The molecular weight excluding hydrogens is 288 g/mol. The molecule has 2 heterocycles. The SMILES string of the molecule is CN(Cc1cc2ccccc2nc1Cl)C(=O)c1ccn[nH]1. The second-order valence-corrected chi connectivity index (χ2v) is 5.12. The molecule has 0 saturated heterocycles. The minimum absolute atomic E-state index is 0.142. The molecule has 3 rings (SSSR count). The first-order valence-corrected chi connectivity index (χ1v) is 6.82. The Morgan fingerprint density at radius 1 is 1.33 bits per heavy atom. The molecule has 3 aromatic rings. The topological polar surface area (TPSA) is 61.9 Å². The second-order valence-electron chi connectivity index (χ2n) is 4.76. The molecule has 0 fully saturated rings. The number of hydrogen-bond donors (Lipinski definition) is 1. The molecule has 21 heavy (non-hydrogen) atoms.